The van der Waals surface area contributed by atoms with Gasteiger partial charge < -0.3 is 18.6 Å². The molecular weight excluding hydrogens is 853 g/mol. The van der Waals surface area contributed by atoms with Crippen molar-refractivity contribution in [2.24, 2.45) is 0 Å². The van der Waals surface area contributed by atoms with Crippen LogP contribution in [0.15, 0.2) is 227 Å². The molecule has 13 rings (SSSR count). The van der Waals surface area contributed by atoms with Crippen molar-refractivity contribution < 1.29 is 8.83 Å². The monoisotopic (exact) mass is 900 g/mol. The zero-order chi connectivity index (χ0) is 47.0. The molecule has 70 heavy (non-hydrogen) atoms. The van der Waals surface area contributed by atoms with Crippen molar-refractivity contribution in [2.45, 2.75) is 27.7 Å². The van der Waals surface area contributed by atoms with Crippen molar-refractivity contribution in [2.75, 3.05) is 9.80 Å². The number of hydrogen-bond acceptors (Lipinski definition) is 4. The summed E-state index contributed by atoms with van der Waals surface area (Å²) >= 11 is 0. The molecule has 0 aliphatic heterocycles. The minimum atomic E-state index is 0.827. The summed E-state index contributed by atoms with van der Waals surface area (Å²) in [7, 11) is 0. The topological polar surface area (TPSA) is 32.8 Å². The molecule has 2 heterocycles. The fraction of sp³-hybridized carbons (Fsp3) is 0.0606. The largest absolute Gasteiger partial charge is 0.455 e. The zero-order valence-corrected chi connectivity index (χ0v) is 39.5. The maximum Gasteiger partial charge on any atom is 0.144 e. The van der Waals surface area contributed by atoms with Crippen molar-refractivity contribution in [3.63, 3.8) is 0 Å². The first-order valence-electron chi connectivity index (χ1n) is 24.1. The Morgan fingerprint density at radius 1 is 0.314 bits per heavy atom. The summed E-state index contributed by atoms with van der Waals surface area (Å²) in [6, 6.07) is 78.4. The third-order valence-electron chi connectivity index (χ3n) is 14.5. The smallest absolute Gasteiger partial charge is 0.144 e. The van der Waals surface area contributed by atoms with Gasteiger partial charge in [0, 0.05) is 66.8 Å². The molecule has 0 N–H and O–H groups in total. The molecule has 0 atom stereocenters. The molecule has 0 bridgehead atoms. The normalized spacial score (nSPS) is 11.7. The average molecular weight is 901 g/mol. The Labute approximate surface area is 406 Å². The van der Waals surface area contributed by atoms with Gasteiger partial charge in [0.15, 0.2) is 0 Å². The van der Waals surface area contributed by atoms with Crippen molar-refractivity contribution in [3.8, 4) is 22.3 Å². The first-order chi connectivity index (χ1) is 34.4. The Balaban J connectivity index is 1.08. The second-order valence-corrected chi connectivity index (χ2v) is 18.6. The molecule has 0 radical (unpaired) electrons. The number of furan rings is 2. The Bertz CT molecular complexity index is 3880. The molecule has 4 nitrogen and oxygen atoms in total. The number of anilines is 6. The maximum absolute atomic E-state index is 7.31. The van der Waals surface area contributed by atoms with E-state index in [0.717, 1.165) is 122 Å². The van der Waals surface area contributed by atoms with Gasteiger partial charge in [-0.25, -0.2) is 0 Å². The highest BCUT2D eigenvalue weighted by Crippen LogP contribution is 2.52. The fourth-order valence-electron chi connectivity index (χ4n) is 10.7. The highest BCUT2D eigenvalue weighted by atomic mass is 16.3. The van der Waals surface area contributed by atoms with Crippen LogP contribution in [0.4, 0.5) is 34.1 Å². The van der Waals surface area contributed by atoms with Gasteiger partial charge in [0.25, 0.3) is 0 Å². The first kappa shape index (κ1) is 41.3. The number of hydrogen-bond donors (Lipinski definition) is 0. The van der Waals surface area contributed by atoms with Gasteiger partial charge in [-0.05, 0) is 168 Å². The van der Waals surface area contributed by atoms with Gasteiger partial charge in [-0.1, -0.05) is 133 Å². The van der Waals surface area contributed by atoms with Crippen LogP contribution in [0.1, 0.15) is 22.3 Å². The second kappa shape index (κ2) is 16.4. The van der Waals surface area contributed by atoms with E-state index in [1.165, 1.54) is 22.3 Å². The lowest BCUT2D eigenvalue weighted by molar-refractivity contribution is 0.665. The Hall–Kier alpha value is -8.86. The standard InChI is InChI=1S/C66H48N2O2/c1-41-19-17-29-57(43(41)3)67(51-25-13-7-14-26-51)53-33-31-47-37-55-59(39-49(47)35-53)69-65-61(45-21-9-5-10-22-45)62(46-23-11-6-12-24-46)66-64(63(55)65)56-38-48-32-34-54(36-50(48)40-60(56)70-66)68(52-27-15-8-16-28-52)58-30-18-20-42(2)44(58)4/h5-40H,1-4H3. The van der Waals surface area contributed by atoms with E-state index in [9.17, 15) is 0 Å². The molecule has 4 heteroatoms. The summed E-state index contributed by atoms with van der Waals surface area (Å²) in [4.78, 5) is 4.73. The highest BCUT2D eigenvalue weighted by molar-refractivity contribution is 6.33. The Kier molecular flexibility index (Phi) is 9.70. The SMILES string of the molecule is Cc1cccc(N(c2ccccc2)c2ccc3cc4c(cc3c2)oc2c(-c3ccccc3)c(-c3ccccc3)c3oc5cc6cc(N(c7ccccc7)c7cccc(C)c7C)ccc6cc5c3c24)c1C. The molecule has 0 unspecified atom stereocenters. The van der Waals surface area contributed by atoms with Crippen LogP contribution in [0.5, 0.6) is 0 Å². The van der Waals surface area contributed by atoms with Crippen molar-refractivity contribution in [1.82, 2.24) is 0 Å². The van der Waals surface area contributed by atoms with Crippen LogP contribution in [0.3, 0.4) is 0 Å². The first-order valence-corrected chi connectivity index (χ1v) is 24.1. The maximum atomic E-state index is 7.31. The number of benzene rings is 11. The predicted molar refractivity (Wildman–Crippen MR) is 295 cm³/mol. The van der Waals surface area contributed by atoms with Crippen molar-refractivity contribution in [3.05, 3.63) is 241 Å². The average Bonchev–Trinajstić information content (AvgIpc) is 3.95. The highest BCUT2D eigenvalue weighted by Gasteiger charge is 2.28. The Morgan fingerprint density at radius 2 is 0.700 bits per heavy atom. The number of fused-ring (bicyclic) bond motifs is 9. The molecule has 0 saturated carbocycles. The molecule has 2 aromatic heterocycles. The summed E-state index contributed by atoms with van der Waals surface area (Å²) in [5, 5.41) is 8.67. The van der Waals surface area contributed by atoms with Gasteiger partial charge in [-0.2, -0.15) is 0 Å². The van der Waals surface area contributed by atoms with E-state index >= 15 is 0 Å². The van der Waals surface area contributed by atoms with E-state index in [-0.39, 0.29) is 0 Å². The van der Waals surface area contributed by atoms with E-state index in [1.807, 2.05) is 0 Å². The third kappa shape index (κ3) is 6.67. The predicted octanol–water partition coefficient (Wildman–Crippen LogP) is 19.3. The van der Waals surface area contributed by atoms with Crippen LogP contribution in [0.25, 0.3) is 87.7 Å². The molecule has 11 aromatic carbocycles. The summed E-state index contributed by atoms with van der Waals surface area (Å²) in [5.74, 6) is 0. The lowest BCUT2D eigenvalue weighted by Crippen LogP contribution is -2.11. The van der Waals surface area contributed by atoms with E-state index in [2.05, 4.69) is 256 Å². The molecule has 13 aromatic rings. The minimum absolute atomic E-state index is 0.827. The molecule has 0 aliphatic carbocycles. The number of aryl methyl sites for hydroxylation is 2. The molecule has 0 amide bonds. The van der Waals surface area contributed by atoms with Gasteiger partial charge in [0.1, 0.15) is 22.3 Å². The van der Waals surface area contributed by atoms with Crippen LogP contribution < -0.4 is 9.80 Å². The lowest BCUT2D eigenvalue weighted by Gasteiger charge is -2.28. The van der Waals surface area contributed by atoms with E-state index in [1.54, 1.807) is 0 Å². The van der Waals surface area contributed by atoms with E-state index in [4.69, 9.17) is 8.83 Å². The van der Waals surface area contributed by atoms with Crippen LogP contribution in [-0.2, 0) is 0 Å². The van der Waals surface area contributed by atoms with Gasteiger partial charge in [0.2, 0.25) is 0 Å². The van der Waals surface area contributed by atoms with Gasteiger partial charge in [-0.15, -0.1) is 0 Å². The molecule has 0 aliphatic rings. The van der Waals surface area contributed by atoms with Crippen molar-refractivity contribution in [1.29, 1.82) is 0 Å². The Morgan fingerprint density at radius 3 is 1.10 bits per heavy atom. The van der Waals surface area contributed by atoms with Crippen LogP contribution in [0.2, 0.25) is 0 Å². The molecule has 0 fully saturated rings. The summed E-state index contributed by atoms with van der Waals surface area (Å²) in [6.07, 6.45) is 0. The summed E-state index contributed by atoms with van der Waals surface area (Å²) < 4.78 is 14.6. The van der Waals surface area contributed by atoms with E-state index in [0.29, 0.717) is 0 Å². The molecular formula is C66H48N2O2. The van der Waals surface area contributed by atoms with E-state index < -0.39 is 0 Å². The fourth-order valence-corrected chi connectivity index (χ4v) is 10.7. The minimum Gasteiger partial charge on any atom is -0.455 e. The molecule has 334 valence electrons. The van der Waals surface area contributed by atoms with Gasteiger partial charge >= 0.3 is 0 Å². The number of para-hydroxylation sites is 2. The quantitative estimate of drug-likeness (QED) is 0.152. The third-order valence-corrected chi connectivity index (χ3v) is 14.5. The van der Waals surface area contributed by atoms with Crippen LogP contribution >= 0.6 is 0 Å². The lowest BCUT2D eigenvalue weighted by atomic mass is 9.89. The summed E-state index contributed by atoms with van der Waals surface area (Å²) in [5.41, 5.74) is 19.2. The molecule has 0 spiro atoms. The van der Waals surface area contributed by atoms with Crippen LogP contribution in [-0.4, -0.2) is 0 Å². The molecule has 0 saturated heterocycles. The number of rotatable bonds is 8. The number of nitrogens with zero attached hydrogens (tertiary/aromatic N) is 2. The van der Waals surface area contributed by atoms with Gasteiger partial charge in [-0.3, -0.25) is 0 Å². The zero-order valence-electron chi connectivity index (χ0n) is 39.5. The van der Waals surface area contributed by atoms with Crippen LogP contribution in [0, 0.1) is 27.7 Å². The second-order valence-electron chi connectivity index (χ2n) is 18.6. The van der Waals surface area contributed by atoms with Crippen molar-refractivity contribution >= 4 is 99.5 Å². The van der Waals surface area contributed by atoms with Gasteiger partial charge in [0.05, 0.1) is 0 Å². The summed E-state index contributed by atoms with van der Waals surface area (Å²) in [6.45, 7) is 8.78.